The zero-order valence-electron chi connectivity index (χ0n) is 8.38. The molecule has 0 spiro atoms. The number of hydrogen-bond acceptors (Lipinski definition) is 3. The molecule has 2 aromatic rings. The van der Waals surface area contributed by atoms with Crippen LogP contribution in [0.2, 0.25) is 0 Å². The molecule has 0 bridgehead atoms. The van der Waals surface area contributed by atoms with Crippen LogP contribution >= 0.6 is 15.9 Å². The maximum absolute atomic E-state index is 12.8. The summed E-state index contributed by atoms with van der Waals surface area (Å²) in [6, 6.07) is 2.67. The topological polar surface area (TPSA) is 66.0 Å². The van der Waals surface area contributed by atoms with E-state index in [2.05, 4.69) is 26.1 Å². The number of nitrogens with one attached hydrogen (secondary N) is 1. The highest BCUT2D eigenvalue weighted by atomic mass is 79.9. The first-order valence-corrected chi connectivity index (χ1v) is 5.43. The van der Waals surface area contributed by atoms with Crippen molar-refractivity contribution in [2.45, 2.75) is 13.0 Å². The van der Waals surface area contributed by atoms with Gasteiger partial charge in [-0.2, -0.15) is 5.10 Å². The number of fused-ring (bicyclic) bond motifs is 1. The van der Waals surface area contributed by atoms with Gasteiger partial charge in [0, 0.05) is 15.4 Å². The van der Waals surface area contributed by atoms with Crippen LogP contribution in [0, 0.1) is 0 Å². The highest BCUT2D eigenvalue weighted by molar-refractivity contribution is 9.10. The van der Waals surface area contributed by atoms with Gasteiger partial charge in [0.05, 0.1) is 17.7 Å². The molecule has 1 aromatic carbocycles. The number of aliphatic hydroxyl groups is 1. The van der Waals surface area contributed by atoms with Crippen LogP contribution in [0.3, 0.4) is 0 Å². The van der Waals surface area contributed by atoms with E-state index < -0.39 is 18.6 Å². The van der Waals surface area contributed by atoms with Crippen LogP contribution in [0.4, 0.5) is 8.78 Å². The van der Waals surface area contributed by atoms with E-state index in [4.69, 9.17) is 5.11 Å². The van der Waals surface area contributed by atoms with Crippen molar-refractivity contribution in [2.75, 3.05) is 0 Å². The Morgan fingerprint density at radius 3 is 2.76 bits per heavy atom. The van der Waals surface area contributed by atoms with Crippen molar-refractivity contribution in [1.82, 2.24) is 10.2 Å². The Bertz CT molecular complexity index is 627. The van der Waals surface area contributed by atoms with Crippen molar-refractivity contribution >= 4 is 26.7 Å². The summed E-state index contributed by atoms with van der Waals surface area (Å²) in [5.74, 6) is 0. The third kappa shape index (κ3) is 2.07. The first-order valence-electron chi connectivity index (χ1n) is 4.64. The molecule has 0 aliphatic carbocycles. The number of hydrogen-bond donors (Lipinski definition) is 2. The summed E-state index contributed by atoms with van der Waals surface area (Å²) in [5.41, 5.74) is -0.921. The molecule has 0 saturated heterocycles. The molecular formula is C10H7BrF2N2O2. The van der Waals surface area contributed by atoms with E-state index in [1.54, 1.807) is 0 Å². The second-order valence-electron chi connectivity index (χ2n) is 3.38. The summed E-state index contributed by atoms with van der Waals surface area (Å²) in [5, 5.41) is 14.9. The molecule has 17 heavy (non-hydrogen) atoms. The van der Waals surface area contributed by atoms with E-state index in [1.807, 2.05) is 0 Å². The van der Waals surface area contributed by atoms with Crippen molar-refractivity contribution in [3.05, 3.63) is 38.2 Å². The molecule has 0 radical (unpaired) electrons. The van der Waals surface area contributed by atoms with Crippen molar-refractivity contribution in [3.63, 3.8) is 0 Å². The summed E-state index contributed by atoms with van der Waals surface area (Å²) in [4.78, 5) is 11.5. The van der Waals surface area contributed by atoms with Gasteiger partial charge >= 0.3 is 0 Å². The Kier molecular flexibility index (Phi) is 3.21. The summed E-state index contributed by atoms with van der Waals surface area (Å²) in [6.45, 7) is -0.438. The second-order valence-corrected chi connectivity index (χ2v) is 4.29. The lowest BCUT2D eigenvalue weighted by molar-refractivity contribution is 0.153. The third-order valence-electron chi connectivity index (χ3n) is 2.35. The van der Waals surface area contributed by atoms with E-state index in [9.17, 15) is 13.6 Å². The molecule has 2 rings (SSSR count). The largest absolute Gasteiger partial charge is 0.390 e. The van der Waals surface area contributed by atoms with Gasteiger partial charge in [-0.15, -0.1) is 0 Å². The molecule has 90 valence electrons. The Morgan fingerprint density at radius 1 is 1.47 bits per heavy atom. The summed E-state index contributed by atoms with van der Waals surface area (Å²) >= 11 is 3.08. The fourth-order valence-electron chi connectivity index (χ4n) is 1.64. The average Bonchev–Trinajstić information content (AvgIpc) is 2.28. The van der Waals surface area contributed by atoms with Crippen molar-refractivity contribution in [2.24, 2.45) is 0 Å². The van der Waals surface area contributed by atoms with Crippen molar-refractivity contribution in [3.8, 4) is 0 Å². The van der Waals surface area contributed by atoms with E-state index in [-0.39, 0.29) is 22.0 Å². The Morgan fingerprint density at radius 2 is 2.18 bits per heavy atom. The van der Waals surface area contributed by atoms with Crippen LogP contribution < -0.4 is 5.56 Å². The fraction of sp³-hybridized carbons (Fsp3) is 0.200. The zero-order chi connectivity index (χ0) is 12.6. The lowest BCUT2D eigenvalue weighted by Gasteiger charge is -2.08. The van der Waals surface area contributed by atoms with Gasteiger partial charge in [-0.25, -0.2) is 13.9 Å². The first-order chi connectivity index (χ1) is 8.04. The molecule has 0 aliphatic heterocycles. The molecule has 0 fully saturated rings. The predicted octanol–water partition coefficient (Wildman–Crippen LogP) is 2.12. The highest BCUT2D eigenvalue weighted by Gasteiger charge is 2.17. The third-order valence-corrected chi connectivity index (χ3v) is 2.81. The van der Waals surface area contributed by atoms with E-state index in [0.29, 0.717) is 4.47 Å². The van der Waals surface area contributed by atoms with Crippen LogP contribution in [-0.4, -0.2) is 15.3 Å². The quantitative estimate of drug-likeness (QED) is 0.893. The number of halogens is 3. The Hall–Kier alpha value is -1.34. The van der Waals surface area contributed by atoms with Gasteiger partial charge in [-0.05, 0) is 12.1 Å². The average molecular weight is 305 g/mol. The number of rotatable bonds is 2. The number of aliphatic hydroxyl groups excluding tert-OH is 1. The number of alkyl halides is 2. The smallest absolute Gasteiger partial charge is 0.272 e. The SMILES string of the molecule is O=c1[nH]nc(CO)c2cc(Br)cc(C(F)F)c12. The van der Waals surface area contributed by atoms with Crippen LogP contribution in [0.25, 0.3) is 10.8 Å². The maximum atomic E-state index is 12.8. The predicted molar refractivity (Wildman–Crippen MR) is 60.9 cm³/mol. The summed E-state index contributed by atoms with van der Waals surface area (Å²) in [7, 11) is 0. The van der Waals surface area contributed by atoms with Crippen LogP contribution in [0.15, 0.2) is 21.4 Å². The first kappa shape index (κ1) is 12.1. The molecule has 0 saturated carbocycles. The summed E-state index contributed by atoms with van der Waals surface area (Å²) in [6.07, 6.45) is -2.77. The minimum atomic E-state index is -2.77. The molecule has 7 heteroatoms. The fourth-order valence-corrected chi connectivity index (χ4v) is 2.11. The van der Waals surface area contributed by atoms with Crippen molar-refractivity contribution in [1.29, 1.82) is 0 Å². The van der Waals surface area contributed by atoms with Gasteiger partial charge in [0.25, 0.3) is 12.0 Å². The van der Waals surface area contributed by atoms with Crippen LogP contribution in [0.5, 0.6) is 0 Å². The van der Waals surface area contributed by atoms with Gasteiger partial charge in [0.2, 0.25) is 0 Å². The Labute approximate surface area is 102 Å². The Balaban J connectivity index is 2.97. The molecule has 0 aliphatic rings. The molecule has 0 atom stereocenters. The van der Waals surface area contributed by atoms with Crippen LogP contribution in [-0.2, 0) is 6.61 Å². The summed E-state index contributed by atoms with van der Waals surface area (Å²) < 4.78 is 26.1. The maximum Gasteiger partial charge on any atom is 0.272 e. The molecule has 0 amide bonds. The van der Waals surface area contributed by atoms with E-state index in [0.717, 1.165) is 0 Å². The zero-order valence-corrected chi connectivity index (χ0v) is 9.96. The van der Waals surface area contributed by atoms with E-state index >= 15 is 0 Å². The molecule has 1 heterocycles. The molecule has 2 N–H and O–H groups in total. The number of benzene rings is 1. The number of nitrogens with zero attached hydrogens (tertiary/aromatic N) is 1. The lowest BCUT2D eigenvalue weighted by atomic mass is 10.1. The van der Waals surface area contributed by atoms with Gasteiger partial charge in [-0.3, -0.25) is 4.79 Å². The molecule has 0 unspecified atom stereocenters. The molecule has 4 nitrogen and oxygen atoms in total. The number of H-pyrrole nitrogens is 1. The highest BCUT2D eigenvalue weighted by Crippen LogP contribution is 2.30. The standard InChI is InChI=1S/C10H7BrF2N2O2/c11-4-1-5-7(3-16)14-15-10(17)8(5)6(2-4)9(12)13/h1-2,9,16H,3H2,(H,15,17). The lowest BCUT2D eigenvalue weighted by Crippen LogP contribution is -2.13. The van der Waals surface area contributed by atoms with Gasteiger partial charge in [0.1, 0.15) is 0 Å². The normalized spacial score (nSPS) is 11.4. The minimum Gasteiger partial charge on any atom is -0.390 e. The second kappa shape index (κ2) is 4.50. The minimum absolute atomic E-state index is 0.137. The number of aromatic nitrogens is 2. The van der Waals surface area contributed by atoms with Crippen LogP contribution in [0.1, 0.15) is 17.7 Å². The molecular weight excluding hydrogens is 298 g/mol. The van der Waals surface area contributed by atoms with Gasteiger partial charge in [0.15, 0.2) is 0 Å². The van der Waals surface area contributed by atoms with Gasteiger partial charge < -0.3 is 5.11 Å². The van der Waals surface area contributed by atoms with E-state index in [1.165, 1.54) is 12.1 Å². The molecule has 1 aromatic heterocycles. The monoisotopic (exact) mass is 304 g/mol. The van der Waals surface area contributed by atoms with Crippen molar-refractivity contribution < 1.29 is 13.9 Å². The number of aromatic amines is 1. The van der Waals surface area contributed by atoms with Gasteiger partial charge in [-0.1, -0.05) is 15.9 Å².